The van der Waals surface area contributed by atoms with E-state index in [2.05, 4.69) is 90.6 Å². The fraction of sp³-hybridized carbons (Fsp3) is 0.0500. The average Bonchev–Trinajstić information content (AvgIpc) is 3.94. The summed E-state index contributed by atoms with van der Waals surface area (Å²) in [6, 6.07) is 33.1. The summed E-state index contributed by atoms with van der Waals surface area (Å²) in [5, 5.41) is 0. The Morgan fingerprint density at radius 2 is 0.880 bits per heavy atom. The molecule has 0 atom stereocenters. The normalized spacial score (nSPS) is 11.8. The molecule has 0 aliphatic carbocycles. The monoisotopic (exact) mass is 648 g/mol. The SMILES string of the molecule is Cc1ccc(-c2nc3cc(-c4ccc5nc(-c6ccc(-c7nc8cc(-c9ccc%10nc(C)[nH]c%10c9)ccc8[nH]7)nc6)[nH]c5c4)ccc3[nH]2)nc1. The van der Waals surface area contributed by atoms with Crippen molar-refractivity contribution in [2.24, 2.45) is 0 Å². The van der Waals surface area contributed by atoms with Crippen LogP contribution in [0.3, 0.4) is 0 Å². The van der Waals surface area contributed by atoms with Gasteiger partial charge in [-0.05, 0) is 108 Å². The molecule has 0 amide bonds. The summed E-state index contributed by atoms with van der Waals surface area (Å²) in [6.45, 7) is 3.99. The van der Waals surface area contributed by atoms with E-state index in [9.17, 15) is 0 Å². The molecule has 6 heterocycles. The summed E-state index contributed by atoms with van der Waals surface area (Å²) in [5.41, 5.74) is 15.5. The molecule has 0 radical (unpaired) electrons. The smallest absolute Gasteiger partial charge is 0.157 e. The van der Waals surface area contributed by atoms with E-state index < -0.39 is 0 Å². The molecule has 0 saturated carbocycles. The van der Waals surface area contributed by atoms with Crippen LogP contribution >= 0.6 is 0 Å². The largest absolute Gasteiger partial charge is 0.342 e. The summed E-state index contributed by atoms with van der Waals surface area (Å²) in [4.78, 5) is 42.0. The Morgan fingerprint density at radius 3 is 1.48 bits per heavy atom. The maximum absolute atomic E-state index is 4.88. The molecule has 0 spiro atoms. The van der Waals surface area contributed by atoms with Crippen molar-refractivity contribution in [3.8, 4) is 56.7 Å². The Labute approximate surface area is 284 Å². The number of pyridine rings is 2. The Morgan fingerprint density at radius 1 is 0.380 bits per heavy atom. The lowest BCUT2D eigenvalue weighted by molar-refractivity contribution is 1.17. The summed E-state index contributed by atoms with van der Waals surface area (Å²) < 4.78 is 0. The molecule has 0 saturated heterocycles. The molecule has 0 aliphatic rings. The number of hydrogen-bond donors (Lipinski definition) is 4. The molecule has 4 N–H and O–H groups in total. The van der Waals surface area contributed by atoms with E-state index in [0.717, 1.165) is 106 Å². The highest BCUT2D eigenvalue weighted by atomic mass is 15.0. The van der Waals surface area contributed by atoms with Gasteiger partial charge in [-0.2, -0.15) is 0 Å². The van der Waals surface area contributed by atoms with Crippen molar-refractivity contribution in [3.05, 3.63) is 121 Å². The maximum atomic E-state index is 4.88. The quantitative estimate of drug-likeness (QED) is 0.147. The second kappa shape index (κ2) is 10.8. The highest BCUT2D eigenvalue weighted by molar-refractivity contribution is 5.90. The molecule has 0 bridgehead atoms. The van der Waals surface area contributed by atoms with Crippen LogP contribution in [0.2, 0.25) is 0 Å². The fourth-order valence-corrected chi connectivity index (χ4v) is 6.54. The first kappa shape index (κ1) is 28.1. The Hall–Kier alpha value is -6.94. The predicted molar refractivity (Wildman–Crippen MR) is 197 cm³/mol. The maximum Gasteiger partial charge on any atom is 0.157 e. The van der Waals surface area contributed by atoms with Crippen LogP contribution in [0, 0.1) is 13.8 Å². The molecular formula is C40H28N10. The zero-order valence-electron chi connectivity index (χ0n) is 27.1. The van der Waals surface area contributed by atoms with Gasteiger partial charge in [-0.15, -0.1) is 0 Å². The van der Waals surface area contributed by atoms with E-state index in [4.69, 9.17) is 19.9 Å². The number of aryl methyl sites for hydroxylation is 2. The first-order chi connectivity index (χ1) is 24.5. The van der Waals surface area contributed by atoms with Crippen molar-refractivity contribution in [3.63, 3.8) is 0 Å². The highest BCUT2D eigenvalue weighted by Gasteiger charge is 2.13. The van der Waals surface area contributed by atoms with E-state index in [0.29, 0.717) is 5.82 Å². The lowest BCUT2D eigenvalue weighted by Gasteiger charge is -2.01. The van der Waals surface area contributed by atoms with Gasteiger partial charge in [0, 0.05) is 18.0 Å². The second-order valence-corrected chi connectivity index (χ2v) is 12.7. The van der Waals surface area contributed by atoms with Crippen molar-refractivity contribution >= 4 is 44.1 Å². The average molecular weight is 649 g/mol. The third kappa shape index (κ3) is 4.81. The van der Waals surface area contributed by atoms with Crippen molar-refractivity contribution in [1.29, 1.82) is 0 Å². The van der Waals surface area contributed by atoms with Gasteiger partial charge in [-0.1, -0.05) is 30.3 Å². The van der Waals surface area contributed by atoms with Crippen LogP contribution in [0.5, 0.6) is 0 Å². The van der Waals surface area contributed by atoms with Gasteiger partial charge in [0.25, 0.3) is 0 Å². The number of fused-ring (bicyclic) bond motifs is 4. The molecule has 6 aromatic heterocycles. The fourth-order valence-electron chi connectivity index (χ4n) is 6.54. The first-order valence-corrected chi connectivity index (χ1v) is 16.4. The van der Waals surface area contributed by atoms with Gasteiger partial charge in [-0.25, -0.2) is 19.9 Å². The van der Waals surface area contributed by atoms with Crippen LogP contribution < -0.4 is 0 Å². The molecule has 4 aromatic carbocycles. The van der Waals surface area contributed by atoms with E-state index >= 15 is 0 Å². The van der Waals surface area contributed by atoms with Crippen molar-refractivity contribution in [2.75, 3.05) is 0 Å². The van der Waals surface area contributed by atoms with Gasteiger partial charge in [0.1, 0.15) is 23.0 Å². The number of aromatic nitrogens is 10. The molecule has 238 valence electrons. The van der Waals surface area contributed by atoms with Crippen molar-refractivity contribution in [1.82, 2.24) is 49.8 Å². The van der Waals surface area contributed by atoms with Crippen LogP contribution in [-0.4, -0.2) is 49.8 Å². The zero-order valence-corrected chi connectivity index (χ0v) is 27.1. The molecule has 0 fully saturated rings. The Kier molecular flexibility index (Phi) is 6.07. The summed E-state index contributed by atoms with van der Waals surface area (Å²) in [5.74, 6) is 3.14. The third-order valence-electron chi connectivity index (χ3n) is 9.15. The van der Waals surface area contributed by atoms with E-state index in [-0.39, 0.29) is 0 Å². The lowest BCUT2D eigenvalue weighted by atomic mass is 10.0. The third-order valence-corrected chi connectivity index (χ3v) is 9.15. The minimum Gasteiger partial charge on any atom is -0.342 e. The van der Waals surface area contributed by atoms with Crippen LogP contribution in [-0.2, 0) is 0 Å². The van der Waals surface area contributed by atoms with Crippen LogP contribution in [0.1, 0.15) is 11.4 Å². The van der Waals surface area contributed by atoms with Crippen molar-refractivity contribution in [2.45, 2.75) is 13.8 Å². The van der Waals surface area contributed by atoms with E-state index in [1.54, 1.807) is 0 Å². The van der Waals surface area contributed by atoms with Gasteiger partial charge < -0.3 is 19.9 Å². The van der Waals surface area contributed by atoms with Gasteiger partial charge in [0.05, 0.1) is 44.1 Å². The van der Waals surface area contributed by atoms with Crippen LogP contribution in [0.25, 0.3) is 101 Å². The Bertz CT molecular complexity index is 2890. The number of imidazole rings is 4. The number of hydrogen-bond acceptors (Lipinski definition) is 6. The van der Waals surface area contributed by atoms with Crippen LogP contribution in [0.4, 0.5) is 0 Å². The van der Waals surface area contributed by atoms with E-state index in [1.807, 2.05) is 62.6 Å². The van der Waals surface area contributed by atoms with Crippen LogP contribution in [0.15, 0.2) is 109 Å². The number of nitrogens with one attached hydrogen (secondary N) is 4. The molecule has 10 aromatic rings. The standard InChI is InChI=1S/C40H28N10/c1-21-3-9-32(41-19-21)39-46-30-13-7-26(18-36(30)49-39)24-5-11-29-35(16-24)48-38(45-29)27-8-14-33(42-20-27)40-47-31-12-6-25(17-37(31)50-40)23-4-10-28-34(15-23)44-22(2)43-28/h3-20H,1-2H3,(H,43,44)(H,45,48)(H,46,49)(H,47,50). The lowest BCUT2D eigenvalue weighted by Crippen LogP contribution is -1.87. The summed E-state index contributed by atoms with van der Waals surface area (Å²) in [6.07, 6.45) is 3.69. The highest BCUT2D eigenvalue weighted by Crippen LogP contribution is 2.31. The van der Waals surface area contributed by atoms with Crippen molar-refractivity contribution < 1.29 is 0 Å². The molecule has 10 heteroatoms. The molecule has 10 nitrogen and oxygen atoms in total. The number of rotatable bonds is 5. The van der Waals surface area contributed by atoms with Gasteiger partial charge in [0.15, 0.2) is 11.6 Å². The molecule has 0 unspecified atom stereocenters. The number of H-pyrrole nitrogens is 4. The predicted octanol–water partition coefficient (Wildman–Crippen LogP) is 8.93. The molecule has 0 aliphatic heterocycles. The minimum atomic E-state index is 0.716. The molecule has 10 rings (SSSR count). The topological polar surface area (TPSA) is 140 Å². The zero-order chi connectivity index (χ0) is 33.3. The number of benzene rings is 4. The minimum absolute atomic E-state index is 0.716. The second-order valence-electron chi connectivity index (χ2n) is 12.7. The Balaban J connectivity index is 0.907. The van der Waals surface area contributed by atoms with Gasteiger partial charge >= 0.3 is 0 Å². The number of aromatic amines is 4. The molecule has 50 heavy (non-hydrogen) atoms. The van der Waals surface area contributed by atoms with Gasteiger partial charge in [0.2, 0.25) is 0 Å². The summed E-state index contributed by atoms with van der Waals surface area (Å²) >= 11 is 0. The molecular weight excluding hydrogens is 621 g/mol. The summed E-state index contributed by atoms with van der Waals surface area (Å²) in [7, 11) is 0. The van der Waals surface area contributed by atoms with Gasteiger partial charge in [-0.3, -0.25) is 9.97 Å². The number of nitrogens with zero attached hydrogens (tertiary/aromatic N) is 6. The first-order valence-electron chi connectivity index (χ1n) is 16.4. The van der Waals surface area contributed by atoms with E-state index in [1.165, 1.54) is 0 Å².